The van der Waals surface area contributed by atoms with Crippen LogP contribution in [-0.2, 0) is 4.79 Å². The Balaban J connectivity index is 1.31. The summed E-state index contributed by atoms with van der Waals surface area (Å²) in [6.45, 7) is 9.59. The molecule has 0 saturated carbocycles. The number of carbonyl (C=O) groups excluding carboxylic acids is 1. The van der Waals surface area contributed by atoms with Gasteiger partial charge < -0.3 is 9.80 Å². The van der Waals surface area contributed by atoms with Crippen LogP contribution in [0.15, 0.2) is 30.3 Å². The second-order valence-electron chi connectivity index (χ2n) is 8.76. The Morgan fingerprint density at radius 2 is 1.71 bits per heavy atom. The summed E-state index contributed by atoms with van der Waals surface area (Å²) < 4.78 is 0. The average Bonchev–Trinajstić information content (AvgIpc) is 3.24. The van der Waals surface area contributed by atoms with Gasteiger partial charge in [-0.1, -0.05) is 30.3 Å². The Labute approximate surface area is 169 Å². The number of nitrogens with one attached hydrogen (secondary N) is 2. The predicted molar refractivity (Wildman–Crippen MR) is 112 cm³/mol. The average molecular weight is 386 g/mol. The van der Waals surface area contributed by atoms with Gasteiger partial charge in [0.15, 0.2) is 0 Å². The fourth-order valence-electron chi connectivity index (χ4n) is 5.07. The molecule has 3 saturated heterocycles. The molecule has 1 aromatic carbocycles. The third-order valence-corrected chi connectivity index (χ3v) is 7.11. The van der Waals surface area contributed by atoms with E-state index in [-0.39, 0.29) is 12.0 Å². The molecule has 0 aliphatic carbocycles. The largest absolute Gasteiger partial charge is 0.342 e. The molecule has 3 fully saturated rings. The number of nitrogens with zero attached hydrogens (tertiary/aromatic N) is 3. The minimum atomic E-state index is -0.0194. The number of hydrazine groups is 1. The van der Waals surface area contributed by atoms with Crippen LogP contribution in [0.1, 0.15) is 31.4 Å². The fourth-order valence-corrected chi connectivity index (χ4v) is 5.07. The number of rotatable bonds is 4. The Bertz CT molecular complexity index is 638. The number of hydrogen-bond acceptors (Lipinski definition) is 5. The van der Waals surface area contributed by atoms with Crippen molar-refractivity contribution in [3.05, 3.63) is 35.9 Å². The van der Waals surface area contributed by atoms with Gasteiger partial charge in [0.25, 0.3) is 0 Å². The van der Waals surface area contributed by atoms with E-state index in [2.05, 4.69) is 51.7 Å². The van der Waals surface area contributed by atoms with Crippen molar-refractivity contribution >= 4 is 5.91 Å². The van der Waals surface area contributed by atoms with Gasteiger partial charge in [-0.15, -0.1) is 0 Å². The Kier molecular flexibility index (Phi) is 6.31. The molecule has 6 heteroatoms. The lowest BCUT2D eigenvalue weighted by atomic mass is 9.87. The number of likely N-dealkylation sites (N-methyl/N-ethyl adjacent to an activating group) is 1. The van der Waals surface area contributed by atoms with Crippen LogP contribution < -0.4 is 10.9 Å². The quantitative estimate of drug-likeness (QED) is 0.819. The van der Waals surface area contributed by atoms with Crippen LogP contribution in [0.5, 0.6) is 0 Å². The number of carbonyl (C=O) groups is 1. The summed E-state index contributed by atoms with van der Waals surface area (Å²) in [5, 5.41) is 0. The number of piperidine rings is 1. The third kappa shape index (κ3) is 4.25. The normalized spacial score (nSPS) is 29.1. The van der Waals surface area contributed by atoms with E-state index in [9.17, 15) is 4.79 Å². The first-order valence-electron chi connectivity index (χ1n) is 10.9. The van der Waals surface area contributed by atoms with Gasteiger partial charge in [0, 0.05) is 51.9 Å². The lowest BCUT2D eigenvalue weighted by Crippen LogP contribution is -2.52. The maximum atomic E-state index is 13.2. The van der Waals surface area contributed by atoms with Gasteiger partial charge in [0.05, 0.1) is 12.0 Å². The summed E-state index contributed by atoms with van der Waals surface area (Å²) in [6, 6.07) is 11.0. The first-order valence-corrected chi connectivity index (χ1v) is 10.9. The highest BCUT2D eigenvalue weighted by molar-refractivity contribution is 5.80. The topological polar surface area (TPSA) is 50.9 Å². The van der Waals surface area contributed by atoms with E-state index in [1.807, 2.05) is 18.2 Å². The Morgan fingerprint density at radius 1 is 1.04 bits per heavy atom. The molecule has 154 valence electrons. The molecule has 1 aromatic rings. The number of hydrogen-bond donors (Lipinski definition) is 2. The van der Waals surface area contributed by atoms with Gasteiger partial charge in [-0.25, -0.2) is 5.43 Å². The van der Waals surface area contributed by atoms with E-state index in [0.717, 1.165) is 25.9 Å². The highest BCUT2D eigenvalue weighted by Crippen LogP contribution is 2.30. The molecular weight excluding hydrogens is 350 g/mol. The second kappa shape index (κ2) is 8.91. The molecular formula is C22H35N5O. The van der Waals surface area contributed by atoms with Crippen molar-refractivity contribution in [1.29, 1.82) is 0 Å². The number of amides is 1. The summed E-state index contributed by atoms with van der Waals surface area (Å²) in [5.74, 6) is 0.989. The molecule has 0 bridgehead atoms. The molecule has 4 rings (SSSR count). The smallest absolute Gasteiger partial charge is 0.229 e. The zero-order valence-corrected chi connectivity index (χ0v) is 17.3. The van der Waals surface area contributed by atoms with Crippen LogP contribution in [0, 0.1) is 11.8 Å². The summed E-state index contributed by atoms with van der Waals surface area (Å²) in [5.41, 5.74) is 7.70. The molecule has 1 amide bonds. The molecule has 3 aliphatic heterocycles. The first-order chi connectivity index (χ1) is 13.6. The summed E-state index contributed by atoms with van der Waals surface area (Å²) >= 11 is 0. The van der Waals surface area contributed by atoms with E-state index in [0.29, 0.717) is 24.4 Å². The SMILES string of the molecule is CC(C1CCN(C(=O)C2CNNC2c2ccccc2)CC1)N1CCN(C)CC1. The number of likely N-dealkylation sites (tertiary alicyclic amines) is 1. The van der Waals surface area contributed by atoms with E-state index >= 15 is 0 Å². The maximum Gasteiger partial charge on any atom is 0.229 e. The number of piperazine rings is 1. The summed E-state index contributed by atoms with van der Waals surface area (Å²) in [7, 11) is 2.21. The van der Waals surface area contributed by atoms with Gasteiger partial charge in [-0.2, -0.15) is 0 Å². The maximum absolute atomic E-state index is 13.2. The van der Waals surface area contributed by atoms with Crippen LogP contribution in [-0.4, -0.2) is 79.5 Å². The molecule has 3 unspecified atom stereocenters. The lowest BCUT2D eigenvalue weighted by molar-refractivity contribution is -0.137. The summed E-state index contributed by atoms with van der Waals surface area (Å²) in [6.07, 6.45) is 2.26. The minimum absolute atomic E-state index is 0.0194. The monoisotopic (exact) mass is 385 g/mol. The second-order valence-corrected chi connectivity index (χ2v) is 8.76. The van der Waals surface area contributed by atoms with Gasteiger partial charge in [-0.3, -0.25) is 15.1 Å². The molecule has 0 radical (unpaired) electrons. The van der Waals surface area contributed by atoms with E-state index in [1.165, 1.54) is 31.7 Å². The van der Waals surface area contributed by atoms with Crippen LogP contribution >= 0.6 is 0 Å². The zero-order chi connectivity index (χ0) is 19.5. The van der Waals surface area contributed by atoms with E-state index < -0.39 is 0 Å². The minimum Gasteiger partial charge on any atom is -0.342 e. The van der Waals surface area contributed by atoms with Crippen molar-refractivity contribution in [3.8, 4) is 0 Å². The van der Waals surface area contributed by atoms with Crippen molar-refractivity contribution in [1.82, 2.24) is 25.6 Å². The molecule has 6 nitrogen and oxygen atoms in total. The van der Waals surface area contributed by atoms with Crippen molar-refractivity contribution in [2.75, 3.05) is 52.9 Å². The van der Waals surface area contributed by atoms with Crippen molar-refractivity contribution < 1.29 is 4.79 Å². The highest BCUT2D eigenvalue weighted by Gasteiger charge is 2.38. The van der Waals surface area contributed by atoms with Crippen LogP contribution in [0.4, 0.5) is 0 Å². The van der Waals surface area contributed by atoms with Crippen LogP contribution in [0.2, 0.25) is 0 Å². The van der Waals surface area contributed by atoms with Crippen molar-refractivity contribution in [3.63, 3.8) is 0 Å². The Hall–Kier alpha value is -1.47. The fraction of sp³-hybridized carbons (Fsp3) is 0.682. The molecule has 2 N–H and O–H groups in total. The van der Waals surface area contributed by atoms with Gasteiger partial charge in [0.1, 0.15) is 0 Å². The molecule has 3 aliphatic rings. The molecule has 0 spiro atoms. The zero-order valence-electron chi connectivity index (χ0n) is 17.3. The standard InChI is InChI=1S/C22H35N5O/c1-17(26-14-12-25(2)13-15-26)18-8-10-27(11-9-18)22(28)20-16-23-24-21(20)19-6-4-3-5-7-19/h3-7,17-18,20-21,23-24H,8-16H2,1-2H3. The lowest BCUT2D eigenvalue weighted by Gasteiger charge is -2.43. The van der Waals surface area contributed by atoms with Crippen molar-refractivity contribution in [2.45, 2.75) is 31.8 Å². The molecule has 3 heterocycles. The molecule has 28 heavy (non-hydrogen) atoms. The summed E-state index contributed by atoms with van der Waals surface area (Å²) in [4.78, 5) is 20.4. The van der Waals surface area contributed by atoms with Crippen molar-refractivity contribution in [2.24, 2.45) is 11.8 Å². The molecule has 3 atom stereocenters. The highest BCUT2D eigenvalue weighted by atomic mass is 16.2. The van der Waals surface area contributed by atoms with Gasteiger partial charge in [0.2, 0.25) is 5.91 Å². The van der Waals surface area contributed by atoms with E-state index in [4.69, 9.17) is 0 Å². The number of benzene rings is 1. The van der Waals surface area contributed by atoms with Crippen LogP contribution in [0.3, 0.4) is 0 Å². The Morgan fingerprint density at radius 3 is 2.39 bits per heavy atom. The predicted octanol–water partition coefficient (Wildman–Crippen LogP) is 1.33. The van der Waals surface area contributed by atoms with Crippen LogP contribution in [0.25, 0.3) is 0 Å². The van der Waals surface area contributed by atoms with Gasteiger partial charge >= 0.3 is 0 Å². The third-order valence-electron chi connectivity index (χ3n) is 7.11. The molecule has 0 aromatic heterocycles. The van der Waals surface area contributed by atoms with Gasteiger partial charge in [-0.05, 0) is 38.3 Å². The first kappa shape index (κ1) is 19.8. The van der Waals surface area contributed by atoms with E-state index in [1.54, 1.807) is 0 Å².